The molecule has 12 heavy (non-hydrogen) atoms. The smallest absolute Gasteiger partial charge is 0.119 e. The summed E-state index contributed by atoms with van der Waals surface area (Å²) < 4.78 is 6.78. The van der Waals surface area contributed by atoms with Crippen LogP contribution in [-0.4, -0.2) is 6.10 Å². The van der Waals surface area contributed by atoms with E-state index in [0.717, 1.165) is 10.2 Å². The normalized spacial score (nSPS) is 17.1. The Hall–Kier alpha value is -0.500. The molecule has 2 rings (SSSR count). The summed E-state index contributed by atoms with van der Waals surface area (Å²) in [5.74, 6) is 0.989. The third-order valence-electron chi connectivity index (χ3n) is 2.17. The third-order valence-corrected chi connectivity index (χ3v) is 2.70. The van der Waals surface area contributed by atoms with Gasteiger partial charge in [0.15, 0.2) is 0 Å². The highest BCUT2D eigenvalue weighted by Gasteiger charge is 2.18. The van der Waals surface area contributed by atoms with E-state index in [4.69, 9.17) is 4.74 Å². The van der Waals surface area contributed by atoms with Crippen LogP contribution in [0.4, 0.5) is 0 Å². The summed E-state index contributed by atoms with van der Waals surface area (Å²) in [6.45, 7) is 0. The molecule has 64 valence electrons. The van der Waals surface area contributed by atoms with Gasteiger partial charge in [0.1, 0.15) is 5.75 Å². The van der Waals surface area contributed by atoms with Crippen molar-refractivity contribution in [2.24, 2.45) is 0 Å². The zero-order valence-electron chi connectivity index (χ0n) is 6.79. The third kappa shape index (κ3) is 1.81. The molecule has 0 spiro atoms. The molecule has 0 atom stereocenters. The molecule has 0 N–H and O–H groups in total. The Morgan fingerprint density at radius 2 is 1.83 bits per heavy atom. The van der Waals surface area contributed by atoms with Gasteiger partial charge >= 0.3 is 0 Å². The van der Waals surface area contributed by atoms with Crippen molar-refractivity contribution < 1.29 is 4.74 Å². The summed E-state index contributed by atoms with van der Waals surface area (Å²) in [6, 6.07) is 8.02. The second-order valence-electron chi connectivity index (χ2n) is 3.12. The monoisotopic (exact) mass is 226 g/mol. The summed E-state index contributed by atoms with van der Waals surface area (Å²) in [5, 5.41) is 0. The van der Waals surface area contributed by atoms with E-state index in [1.54, 1.807) is 0 Å². The number of halogens is 1. The largest absolute Gasteiger partial charge is 0.490 e. The summed E-state index contributed by atoms with van der Waals surface area (Å²) in [7, 11) is 0. The first-order valence-electron chi connectivity index (χ1n) is 4.27. The molecule has 0 aromatic heterocycles. The van der Waals surface area contributed by atoms with E-state index in [2.05, 4.69) is 15.9 Å². The lowest BCUT2D eigenvalue weighted by atomic mass is 9.96. The van der Waals surface area contributed by atoms with Crippen LogP contribution in [0.1, 0.15) is 19.3 Å². The average molecular weight is 227 g/mol. The van der Waals surface area contributed by atoms with Gasteiger partial charge in [0.05, 0.1) is 6.10 Å². The van der Waals surface area contributed by atoms with Gasteiger partial charge in [-0.2, -0.15) is 0 Å². The van der Waals surface area contributed by atoms with Crippen LogP contribution in [0.2, 0.25) is 0 Å². The molecule has 0 amide bonds. The summed E-state index contributed by atoms with van der Waals surface area (Å²) in [5.41, 5.74) is 0. The highest BCUT2D eigenvalue weighted by atomic mass is 79.9. The molecule has 0 radical (unpaired) electrons. The second kappa shape index (κ2) is 3.48. The van der Waals surface area contributed by atoms with Crippen LogP contribution in [0.25, 0.3) is 0 Å². The molecule has 2 heteroatoms. The lowest BCUT2D eigenvalue weighted by Crippen LogP contribution is -2.24. The SMILES string of the molecule is Brc1ccc(OC2CCC2)cc1. The Labute approximate surface area is 80.9 Å². The maximum Gasteiger partial charge on any atom is 0.119 e. The van der Waals surface area contributed by atoms with Crippen molar-refractivity contribution in [3.8, 4) is 5.75 Å². The van der Waals surface area contributed by atoms with Crippen molar-refractivity contribution in [1.82, 2.24) is 0 Å². The molecule has 0 bridgehead atoms. The van der Waals surface area contributed by atoms with Crippen LogP contribution in [0.15, 0.2) is 28.7 Å². The first kappa shape index (κ1) is 8.11. The molecule has 0 aliphatic heterocycles. The van der Waals surface area contributed by atoms with E-state index in [1.807, 2.05) is 24.3 Å². The van der Waals surface area contributed by atoms with E-state index in [1.165, 1.54) is 19.3 Å². The van der Waals surface area contributed by atoms with Crippen molar-refractivity contribution in [3.05, 3.63) is 28.7 Å². The second-order valence-corrected chi connectivity index (χ2v) is 4.04. The average Bonchev–Trinajstić information content (AvgIpc) is 2.00. The van der Waals surface area contributed by atoms with Gasteiger partial charge in [-0.15, -0.1) is 0 Å². The van der Waals surface area contributed by atoms with E-state index in [-0.39, 0.29) is 0 Å². The summed E-state index contributed by atoms with van der Waals surface area (Å²) >= 11 is 3.39. The van der Waals surface area contributed by atoms with Crippen LogP contribution in [0, 0.1) is 0 Å². The van der Waals surface area contributed by atoms with Crippen LogP contribution in [0.3, 0.4) is 0 Å². The van der Waals surface area contributed by atoms with Gasteiger partial charge < -0.3 is 4.74 Å². The molecule has 1 aromatic carbocycles. The summed E-state index contributed by atoms with van der Waals surface area (Å²) in [6.07, 6.45) is 4.24. The standard InChI is InChI=1S/C10H11BrO/c11-8-4-6-10(7-5-8)12-9-2-1-3-9/h4-7,9H,1-3H2. The maximum atomic E-state index is 5.68. The van der Waals surface area contributed by atoms with E-state index >= 15 is 0 Å². The van der Waals surface area contributed by atoms with Gasteiger partial charge in [-0.1, -0.05) is 15.9 Å². The first-order chi connectivity index (χ1) is 5.84. The number of benzene rings is 1. The van der Waals surface area contributed by atoms with Crippen LogP contribution in [-0.2, 0) is 0 Å². The number of ether oxygens (including phenoxy) is 1. The van der Waals surface area contributed by atoms with Gasteiger partial charge in [0.2, 0.25) is 0 Å². The number of rotatable bonds is 2. The summed E-state index contributed by atoms with van der Waals surface area (Å²) in [4.78, 5) is 0. The Balaban J connectivity index is 1.98. The molecular weight excluding hydrogens is 216 g/mol. The van der Waals surface area contributed by atoms with Crippen molar-refractivity contribution in [1.29, 1.82) is 0 Å². The Bertz CT molecular complexity index is 251. The molecule has 1 saturated carbocycles. The molecule has 1 aliphatic carbocycles. The van der Waals surface area contributed by atoms with Crippen molar-refractivity contribution in [2.75, 3.05) is 0 Å². The first-order valence-corrected chi connectivity index (χ1v) is 5.06. The topological polar surface area (TPSA) is 9.23 Å². The molecule has 1 nitrogen and oxygen atoms in total. The highest BCUT2D eigenvalue weighted by molar-refractivity contribution is 9.10. The minimum absolute atomic E-state index is 0.478. The molecule has 0 unspecified atom stereocenters. The number of hydrogen-bond donors (Lipinski definition) is 0. The Morgan fingerprint density at radius 1 is 1.17 bits per heavy atom. The van der Waals surface area contributed by atoms with Gasteiger partial charge in [0, 0.05) is 4.47 Å². The maximum absolute atomic E-state index is 5.68. The molecule has 1 aromatic rings. The number of hydrogen-bond acceptors (Lipinski definition) is 1. The Kier molecular flexibility index (Phi) is 2.35. The van der Waals surface area contributed by atoms with Gasteiger partial charge in [-0.05, 0) is 43.5 Å². The molecule has 0 saturated heterocycles. The van der Waals surface area contributed by atoms with E-state index in [9.17, 15) is 0 Å². The van der Waals surface area contributed by atoms with Crippen LogP contribution >= 0.6 is 15.9 Å². The van der Waals surface area contributed by atoms with Crippen molar-refractivity contribution in [2.45, 2.75) is 25.4 Å². The predicted molar refractivity (Wildman–Crippen MR) is 52.4 cm³/mol. The highest BCUT2D eigenvalue weighted by Crippen LogP contribution is 2.25. The fraction of sp³-hybridized carbons (Fsp3) is 0.400. The van der Waals surface area contributed by atoms with E-state index < -0.39 is 0 Å². The molecule has 1 aliphatic rings. The van der Waals surface area contributed by atoms with Crippen LogP contribution < -0.4 is 4.74 Å². The fourth-order valence-electron chi connectivity index (χ4n) is 1.19. The van der Waals surface area contributed by atoms with Crippen LogP contribution in [0.5, 0.6) is 5.75 Å². The zero-order chi connectivity index (χ0) is 8.39. The van der Waals surface area contributed by atoms with Gasteiger partial charge in [-0.3, -0.25) is 0 Å². The zero-order valence-corrected chi connectivity index (χ0v) is 8.38. The van der Waals surface area contributed by atoms with Gasteiger partial charge in [0.25, 0.3) is 0 Å². The van der Waals surface area contributed by atoms with Crippen molar-refractivity contribution in [3.63, 3.8) is 0 Å². The molecule has 1 fully saturated rings. The quantitative estimate of drug-likeness (QED) is 0.752. The van der Waals surface area contributed by atoms with Gasteiger partial charge in [-0.25, -0.2) is 0 Å². The Morgan fingerprint density at radius 3 is 2.33 bits per heavy atom. The van der Waals surface area contributed by atoms with E-state index in [0.29, 0.717) is 6.10 Å². The molecular formula is C10H11BrO. The minimum Gasteiger partial charge on any atom is -0.490 e. The molecule has 0 heterocycles. The lowest BCUT2D eigenvalue weighted by Gasteiger charge is -2.26. The fourth-order valence-corrected chi connectivity index (χ4v) is 1.46. The lowest BCUT2D eigenvalue weighted by molar-refractivity contribution is 0.120. The van der Waals surface area contributed by atoms with Crippen molar-refractivity contribution >= 4 is 15.9 Å². The minimum atomic E-state index is 0.478. The predicted octanol–water partition coefficient (Wildman–Crippen LogP) is 3.38.